The molecular weight excluding hydrogens is 282 g/mol. The van der Waals surface area contributed by atoms with Gasteiger partial charge in [-0.05, 0) is 73.7 Å². The molecule has 0 unspecified atom stereocenters. The molecule has 22 heavy (non-hydrogen) atoms. The van der Waals surface area contributed by atoms with Crippen molar-refractivity contribution in [1.29, 1.82) is 0 Å². The molecule has 0 amide bonds. The first-order valence-corrected chi connectivity index (χ1v) is 7.76. The molecule has 0 aliphatic heterocycles. The number of hydrogen-bond acceptors (Lipinski definition) is 1. The van der Waals surface area contributed by atoms with Gasteiger partial charge in [-0.15, -0.1) is 0 Å². The lowest BCUT2D eigenvalue weighted by atomic mass is 10.0. The van der Waals surface area contributed by atoms with Crippen LogP contribution in [0.2, 0.25) is 0 Å². The van der Waals surface area contributed by atoms with Crippen LogP contribution in [-0.4, -0.2) is 0 Å². The lowest BCUT2D eigenvalue weighted by Crippen LogP contribution is -2.15. The zero-order chi connectivity index (χ0) is 15.7. The fraction of sp³-hybridized carbons (Fsp3) is 0.368. The van der Waals surface area contributed by atoms with E-state index in [-0.39, 0.29) is 5.56 Å². The Labute approximate surface area is 129 Å². The van der Waals surface area contributed by atoms with Crippen LogP contribution >= 0.6 is 0 Å². The van der Waals surface area contributed by atoms with Gasteiger partial charge >= 0.3 is 0 Å². The third-order valence-corrected chi connectivity index (χ3v) is 4.26. The fourth-order valence-corrected chi connectivity index (χ4v) is 2.69. The molecule has 0 saturated heterocycles. The molecular formula is C19H20F2O. The van der Waals surface area contributed by atoms with Gasteiger partial charge in [0.1, 0.15) is 11.5 Å². The second-order valence-electron chi connectivity index (χ2n) is 5.97. The Hall–Kier alpha value is -1.90. The Morgan fingerprint density at radius 2 is 1.68 bits per heavy atom. The summed E-state index contributed by atoms with van der Waals surface area (Å²) in [5.74, 6) is -1.88. The minimum atomic E-state index is -2.71. The molecule has 0 atom stereocenters. The van der Waals surface area contributed by atoms with Crippen molar-refractivity contribution in [2.75, 3.05) is 0 Å². The van der Waals surface area contributed by atoms with Gasteiger partial charge in [0.25, 0.3) is 5.92 Å². The molecule has 0 heterocycles. The molecule has 0 aromatic heterocycles. The molecule has 1 saturated carbocycles. The molecule has 116 valence electrons. The molecule has 0 bridgehead atoms. The van der Waals surface area contributed by atoms with E-state index in [1.165, 1.54) is 23.3 Å². The molecule has 2 aromatic rings. The second-order valence-corrected chi connectivity index (χ2v) is 5.97. The van der Waals surface area contributed by atoms with E-state index in [9.17, 15) is 8.78 Å². The van der Waals surface area contributed by atoms with Crippen LogP contribution in [0.25, 0.3) is 0 Å². The average molecular weight is 302 g/mol. The highest BCUT2D eigenvalue weighted by Gasteiger charge is 2.47. The van der Waals surface area contributed by atoms with E-state index in [2.05, 4.69) is 6.92 Å². The number of alkyl halides is 2. The number of aryl methyl sites for hydroxylation is 2. The van der Waals surface area contributed by atoms with Crippen LogP contribution in [0.5, 0.6) is 11.5 Å². The highest BCUT2D eigenvalue weighted by molar-refractivity contribution is 5.39. The second kappa shape index (κ2) is 5.71. The minimum absolute atomic E-state index is 0.0832. The van der Waals surface area contributed by atoms with Crippen molar-refractivity contribution in [1.82, 2.24) is 0 Å². The molecule has 0 radical (unpaired) electrons. The summed E-state index contributed by atoms with van der Waals surface area (Å²) in [5.41, 5.74) is 2.54. The SMILES string of the molecule is CCc1ccc(Oc2ccc(C(F)(F)C3CC3)cc2)cc1C. The van der Waals surface area contributed by atoms with Crippen LogP contribution in [0.4, 0.5) is 8.78 Å². The maximum absolute atomic E-state index is 14.0. The zero-order valence-corrected chi connectivity index (χ0v) is 12.9. The summed E-state index contributed by atoms with van der Waals surface area (Å²) in [6.07, 6.45) is 2.22. The Morgan fingerprint density at radius 3 is 2.23 bits per heavy atom. The van der Waals surface area contributed by atoms with Crippen LogP contribution in [0.15, 0.2) is 42.5 Å². The maximum atomic E-state index is 14.0. The van der Waals surface area contributed by atoms with Crippen molar-refractivity contribution < 1.29 is 13.5 Å². The van der Waals surface area contributed by atoms with Gasteiger partial charge in [0.2, 0.25) is 0 Å². The smallest absolute Gasteiger partial charge is 0.276 e. The third kappa shape index (κ3) is 2.99. The van der Waals surface area contributed by atoms with Crippen molar-refractivity contribution >= 4 is 0 Å². The van der Waals surface area contributed by atoms with Crippen LogP contribution in [-0.2, 0) is 12.3 Å². The van der Waals surface area contributed by atoms with E-state index in [1.807, 2.05) is 25.1 Å². The Kier molecular flexibility index (Phi) is 3.90. The Bertz CT molecular complexity index is 658. The van der Waals surface area contributed by atoms with Crippen LogP contribution < -0.4 is 4.74 Å². The number of benzene rings is 2. The third-order valence-electron chi connectivity index (χ3n) is 4.26. The summed E-state index contributed by atoms with van der Waals surface area (Å²) in [5, 5.41) is 0. The average Bonchev–Trinajstić information content (AvgIpc) is 3.33. The summed E-state index contributed by atoms with van der Waals surface area (Å²) in [6, 6.07) is 12.1. The molecule has 1 aliphatic rings. The van der Waals surface area contributed by atoms with Gasteiger partial charge in [0.15, 0.2) is 0 Å². The Balaban J connectivity index is 1.74. The van der Waals surface area contributed by atoms with E-state index in [0.717, 1.165) is 12.2 Å². The van der Waals surface area contributed by atoms with Crippen molar-refractivity contribution in [3.63, 3.8) is 0 Å². The van der Waals surface area contributed by atoms with Crippen molar-refractivity contribution in [2.24, 2.45) is 5.92 Å². The number of hydrogen-bond donors (Lipinski definition) is 0. The van der Waals surface area contributed by atoms with Crippen LogP contribution in [0, 0.1) is 12.8 Å². The predicted octanol–water partition coefficient (Wildman–Crippen LogP) is 5.85. The highest BCUT2D eigenvalue weighted by atomic mass is 19.3. The highest BCUT2D eigenvalue weighted by Crippen LogP contribution is 2.49. The quantitative estimate of drug-likeness (QED) is 0.673. The molecule has 1 aliphatic carbocycles. The normalized spacial score (nSPS) is 14.9. The summed E-state index contributed by atoms with van der Waals surface area (Å²) in [6.45, 7) is 4.16. The van der Waals surface area contributed by atoms with Crippen molar-refractivity contribution in [2.45, 2.75) is 39.0 Å². The molecule has 2 aromatic carbocycles. The minimum Gasteiger partial charge on any atom is -0.457 e. The Morgan fingerprint density at radius 1 is 1.05 bits per heavy atom. The van der Waals surface area contributed by atoms with Crippen LogP contribution in [0.3, 0.4) is 0 Å². The van der Waals surface area contributed by atoms with E-state index in [1.54, 1.807) is 12.1 Å². The number of halogens is 2. The van der Waals surface area contributed by atoms with Gasteiger partial charge in [-0.25, -0.2) is 8.78 Å². The van der Waals surface area contributed by atoms with E-state index >= 15 is 0 Å². The first-order valence-electron chi connectivity index (χ1n) is 7.76. The summed E-state index contributed by atoms with van der Waals surface area (Å²) >= 11 is 0. The van der Waals surface area contributed by atoms with Crippen molar-refractivity contribution in [3.8, 4) is 11.5 Å². The lowest BCUT2D eigenvalue weighted by Gasteiger charge is -2.16. The topological polar surface area (TPSA) is 9.23 Å². The fourth-order valence-electron chi connectivity index (χ4n) is 2.69. The molecule has 0 N–H and O–H groups in total. The number of rotatable bonds is 5. The summed E-state index contributed by atoms with van der Waals surface area (Å²) in [4.78, 5) is 0. The first-order chi connectivity index (χ1) is 10.5. The predicted molar refractivity (Wildman–Crippen MR) is 83.7 cm³/mol. The van der Waals surface area contributed by atoms with Gasteiger partial charge in [-0.3, -0.25) is 0 Å². The van der Waals surface area contributed by atoms with Gasteiger partial charge in [-0.2, -0.15) is 0 Å². The van der Waals surface area contributed by atoms with E-state index < -0.39 is 11.8 Å². The molecule has 3 heteroatoms. The molecule has 3 rings (SSSR count). The van der Waals surface area contributed by atoms with Gasteiger partial charge in [0, 0.05) is 11.5 Å². The number of ether oxygens (including phenoxy) is 1. The van der Waals surface area contributed by atoms with Gasteiger partial charge in [0.05, 0.1) is 0 Å². The maximum Gasteiger partial charge on any atom is 0.276 e. The standard InChI is InChI=1S/C19H20F2O/c1-3-14-4-9-18(12-13(14)2)22-17-10-7-16(8-11-17)19(20,21)15-5-6-15/h4,7-12,15H,3,5-6H2,1-2H3. The summed E-state index contributed by atoms with van der Waals surface area (Å²) < 4.78 is 33.7. The van der Waals surface area contributed by atoms with Crippen molar-refractivity contribution in [3.05, 3.63) is 59.2 Å². The van der Waals surface area contributed by atoms with E-state index in [0.29, 0.717) is 18.6 Å². The monoisotopic (exact) mass is 302 g/mol. The van der Waals surface area contributed by atoms with Crippen LogP contribution in [0.1, 0.15) is 36.5 Å². The largest absolute Gasteiger partial charge is 0.457 e. The molecule has 1 nitrogen and oxygen atoms in total. The molecule has 0 spiro atoms. The summed E-state index contributed by atoms with van der Waals surface area (Å²) in [7, 11) is 0. The van der Waals surface area contributed by atoms with Gasteiger partial charge in [-0.1, -0.05) is 13.0 Å². The first kappa shape index (κ1) is 15.0. The zero-order valence-electron chi connectivity index (χ0n) is 12.9. The van der Waals surface area contributed by atoms with Gasteiger partial charge < -0.3 is 4.74 Å². The lowest BCUT2D eigenvalue weighted by molar-refractivity contribution is -0.0285. The van der Waals surface area contributed by atoms with E-state index in [4.69, 9.17) is 4.74 Å². The molecule has 1 fully saturated rings.